The van der Waals surface area contributed by atoms with Gasteiger partial charge in [-0.2, -0.15) is 0 Å². The van der Waals surface area contributed by atoms with Crippen molar-refractivity contribution in [1.29, 1.82) is 0 Å². The third kappa shape index (κ3) is 2.88. The van der Waals surface area contributed by atoms with Crippen molar-refractivity contribution in [3.8, 4) is 0 Å². The third-order valence-corrected chi connectivity index (χ3v) is 4.54. The Labute approximate surface area is 150 Å². The minimum Gasteiger partial charge on any atom is -0.454 e. The van der Waals surface area contributed by atoms with E-state index in [1.165, 1.54) is 0 Å². The van der Waals surface area contributed by atoms with Gasteiger partial charge in [0.25, 0.3) is 0 Å². The first kappa shape index (κ1) is 16.1. The Kier molecular flexibility index (Phi) is 4.05. The second-order valence-electron chi connectivity index (χ2n) is 6.28. The number of carbonyl (C=O) groups is 2. The molecule has 2 aromatic heterocycles. The van der Waals surface area contributed by atoms with Crippen molar-refractivity contribution in [2.45, 2.75) is 19.4 Å². The van der Waals surface area contributed by atoms with Gasteiger partial charge in [0.15, 0.2) is 6.10 Å². The summed E-state index contributed by atoms with van der Waals surface area (Å²) in [5.41, 5.74) is 3.25. The highest BCUT2D eigenvalue weighted by molar-refractivity contribution is 6.10. The van der Waals surface area contributed by atoms with Crippen molar-refractivity contribution in [3.63, 3.8) is 0 Å². The maximum absolute atomic E-state index is 12.7. The minimum absolute atomic E-state index is 0.121. The molecule has 0 amide bonds. The molecule has 0 bridgehead atoms. The van der Waals surface area contributed by atoms with E-state index in [0.29, 0.717) is 5.56 Å². The Morgan fingerprint density at radius 1 is 0.923 bits per heavy atom. The van der Waals surface area contributed by atoms with Crippen molar-refractivity contribution in [2.75, 3.05) is 0 Å². The Hall–Kier alpha value is -3.34. The molecule has 0 saturated heterocycles. The maximum atomic E-state index is 12.7. The van der Waals surface area contributed by atoms with Gasteiger partial charge in [0.1, 0.15) is 0 Å². The summed E-state index contributed by atoms with van der Waals surface area (Å²) < 4.78 is 5.39. The number of rotatable bonds is 5. The number of nitrogens with one attached hydrogen (secondary N) is 2. The number of hydrogen-bond acceptors (Lipinski definition) is 3. The molecule has 130 valence electrons. The Balaban J connectivity index is 1.48. The molecule has 2 N–H and O–H groups in total. The van der Waals surface area contributed by atoms with E-state index in [1.54, 1.807) is 19.3 Å². The van der Waals surface area contributed by atoms with Gasteiger partial charge in [-0.25, -0.2) is 0 Å². The van der Waals surface area contributed by atoms with Crippen LogP contribution in [0.3, 0.4) is 0 Å². The number of aromatic nitrogens is 2. The first-order chi connectivity index (χ1) is 12.6. The lowest BCUT2D eigenvalue weighted by atomic mass is 10.1. The molecule has 2 heterocycles. The highest BCUT2D eigenvalue weighted by Crippen LogP contribution is 2.21. The average molecular weight is 346 g/mol. The molecule has 4 rings (SSSR count). The fourth-order valence-electron chi connectivity index (χ4n) is 3.22. The van der Waals surface area contributed by atoms with Crippen molar-refractivity contribution in [1.82, 2.24) is 9.97 Å². The number of Topliss-reactive ketones (excluding diaryl/α,β-unsaturated/α-hetero) is 1. The number of ether oxygens (including phenoxy) is 1. The van der Waals surface area contributed by atoms with Gasteiger partial charge in [-0.3, -0.25) is 9.59 Å². The number of hydrogen-bond donors (Lipinski definition) is 2. The Bertz CT molecular complexity index is 1110. The van der Waals surface area contributed by atoms with Crippen molar-refractivity contribution in [2.24, 2.45) is 0 Å². The van der Waals surface area contributed by atoms with Crippen LogP contribution in [0.1, 0.15) is 22.8 Å². The average Bonchev–Trinajstić information content (AvgIpc) is 3.25. The van der Waals surface area contributed by atoms with Gasteiger partial charge in [0, 0.05) is 39.8 Å². The number of para-hydroxylation sites is 2. The van der Waals surface area contributed by atoms with E-state index >= 15 is 0 Å². The lowest BCUT2D eigenvalue weighted by molar-refractivity contribution is -0.145. The summed E-state index contributed by atoms with van der Waals surface area (Å²) in [7, 11) is 0. The van der Waals surface area contributed by atoms with Crippen molar-refractivity contribution >= 4 is 33.6 Å². The van der Waals surface area contributed by atoms with E-state index < -0.39 is 12.1 Å². The lowest BCUT2D eigenvalue weighted by Gasteiger charge is -2.11. The lowest BCUT2D eigenvalue weighted by Crippen LogP contribution is -2.25. The van der Waals surface area contributed by atoms with Crippen LogP contribution in [0, 0.1) is 0 Å². The van der Waals surface area contributed by atoms with E-state index in [-0.39, 0.29) is 12.2 Å². The van der Waals surface area contributed by atoms with E-state index in [2.05, 4.69) is 9.97 Å². The first-order valence-electron chi connectivity index (χ1n) is 8.48. The molecule has 0 spiro atoms. The molecular weight excluding hydrogens is 328 g/mol. The van der Waals surface area contributed by atoms with E-state index in [9.17, 15) is 9.59 Å². The van der Waals surface area contributed by atoms with Crippen LogP contribution in [0.2, 0.25) is 0 Å². The number of fused-ring (bicyclic) bond motifs is 2. The molecule has 0 saturated carbocycles. The number of esters is 1. The maximum Gasteiger partial charge on any atom is 0.311 e. The van der Waals surface area contributed by atoms with Crippen LogP contribution in [0.25, 0.3) is 21.8 Å². The van der Waals surface area contributed by atoms with Gasteiger partial charge in [-0.1, -0.05) is 36.4 Å². The number of benzene rings is 2. The molecule has 0 aliphatic carbocycles. The zero-order chi connectivity index (χ0) is 18.1. The summed E-state index contributed by atoms with van der Waals surface area (Å²) in [6, 6.07) is 15.3. The van der Waals surface area contributed by atoms with Gasteiger partial charge in [0.05, 0.1) is 6.42 Å². The van der Waals surface area contributed by atoms with Gasteiger partial charge in [0.2, 0.25) is 5.78 Å². The van der Waals surface area contributed by atoms with Gasteiger partial charge in [-0.15, -0.1) is 0 Å². The molecule has 1 atom stereocenters. The molecule has 5 heteroatoms. The van der Waals surface area contributed by atoms with Crippen LogP contribution in [0.15, 0.2) is 60.9 Å². The van der Waals surface area contributed by atoms with E-state index in [4.69, 9.17) is 4.74 Å². The topological polar surface area (TPSA) is 75.0 Å². The van der Waals surface area contributed by atoms with Gasteiger partial charge >= 0.3 is 5.97 Å². The molecule has 0 radical (unpaired) electrons. The molecule has 26 heavy (non-hydrogen) atoms. The highest BCUT2D eigenvalue weighted by atomic mass is 16.5. The van der Waals surface area contributed by atoms with E-state index in [1.807, 2.05) is 48.5 Å². The quantitative estimate of drug-likeness (QED) is 0.423. The van der Waals surface area contributed by atoms with Crippen molar-refractivity contribution in [3.05, 3.63) is 72.1 Å². The molecule has 2 aromatic carbocycles. The SMILES string of the molecule is CC(OC(=O)Cc1c[nH]c2ccccc12)C(=O)c1c[nH]c2ccccc12. The first-order valence-corrected chi connectivity index (χ1v) is 8.48. The third-order valence-electron chi connectivity index (χ3n) is 4.54. The van der Waals surface area contributed by atoms with Crippen molar-refractivity contribution < 1.29 is 14.3 Å². The van der Waals surface area contributed by atoms with Crippen LogP contribution < -0.4 is 0 Å². The largest absolute Gasteiger partial charge is 0.454 e. The molecule has 0 fully saturated rings. The van der Waals surface area contributed by atoms with Gasteiger partial charge in [-0.05, 0) is 24.6 Å². The highest BCUT2D eigenvalue weighted by Gasteiger charge is 2.22. The van der Waals surface area contributed by atoms with Crippen LogP contribution >= 0.6 is 0 Å². The molecule has 5 nitrogen and oxygen atoms in total. The Morgan fingerprint density at radius 3 is 2.31 bits per heavy atom. The molecule has 0 aliphatic rings. The predicted octanol–water partition coefficient (Wildman–Crippen LogP) is 4.01. The van der Waals surface area contributed by atoms with E-state index in [0.717, 1.165) is 27.4 Å². The summed E-state index contributed by atoms with van der Waals surface area (Å²) in [5.74, 6) is -0.634. The second-order valence-corrected chi connectivity index (χ2v) is 6.28. The predicted molar refractivity (Wildman–Crippen MR) is 100 cm³/mol. The zero-order valence-electron chi connectivity index (χ0n) is 14.3. The van der Waals surface area contributed by atoms with Crippen LogP contribution in [-0.2, 0) is 16.0 Å². The summed E-state index contributed by atoms with van der Waals surface area (Å²) in [4.78, 5) is 31.2. The normalized spacial score (nSPS) is 12.3. The number of H-pyrrole nitrogens is 2. The van der Waals surface area contributed by atoms with Crippen LogP contribution in [0.4, 0.5) is 0 Å². The smallest absolute Gasteiger partial charge is 0.311 e. The monoisotopic (exact) mass is 346 g/mol. The van der Waals surface area contributed by atoms with Crippen LogP contribution in [0.5, 0.6) is 0 Å². The Morgan fingerprint density at radius 2 is 1.54 bits per heavy atom. The summed E-state index contributed by atoms with van der Waals surface area (Å²) in [5, 5.41) is 1.82. The molecule has 4 aromatic rings. The fourth-order valence-corrected chi connectivity index (χ4v) is 3.22. The molecule has 1 unspecified atom stereocenters. The summed E-state index contributed by atoms with van der Waals surface area (Å²) >= 11 is 0. The number of aromatic amines is 2. The minimum atomic E-state index is -0.841. The molecule has 0 aliphatic heterocycles. The number of carbonyl (C=O) groups excluding carboxylic acids is 2. The number of ketones is 1. The van der Waals surface area contributed by atoms with Crippen LogP contribution in [-0.4, -0.2) is 27.8 Å². The standard InChI is InChI=1S/C21H18N2O3/c1-13(21(25)17-12-23-19-9-5-3-7-16(17)19)26-20(24)10-14-11-22-18-8-4-2-6-15(14)18/h2-9,11-13,22-23H,10H2,1H3. The molecular formula is C21H18N2O3. The van der Waals surface area contributed by atoms with Gasteiger partial charge < -0.3 is 14.7 Å². The zero-order valence-corrected chi connectivity index (χ0v) is 14.3. The summed E-state index contributed by atoms with van der Waals surface area (Å²) in [6.45, 7) is 1.61. The summed E-state index contributed by atoms with van der Waals surface area (Å²) in [6.07, 6.45) is 2.75. The fraction of sp³-hybridized carbons (Fsp3) is 0.143. The second kappa shape index (κ2) is 6.52.